The van der Waals surface area contributed by atoms with E-state index in [1.807, 2.05) is 6.92 Å². The van der Waals surface area contributed by atoms with Gasteiger partial charge in [0.2, 0.25) is 0 Å². The van der Waals surface area contributed by atoms with Crippen LogP contribution in [0.3, 0.4) is 0 Å². The lowest BCUT2D eigenvalue weighted by Crippen LogP contribution is -2.15. The predicted molar refractivity (Wildman–Crippen MR) is 59.6 cm³/mol. The van der Waals surface area contributed by atoms with Crippen LogP contribution in [0.4, 0.5) is 0 Å². The molecule has 3 heteroatoms. The Labute approximate surface area is 87.4 Å². The molecule has 0 N–H and O–H groups in total. The summed E-state index contributed by atoms with van der Waals surface area (Å²) in [6.45, 7) is 3.59. The molecule has 13 heavy (non-hydrogen) atoms. The highest BCUT2D eigenvalue weighted by Crippen LogP contribution is 2.02. The van der Waals surface area contributed by atoms with Crippen LogP contribution in [0.2, 0.25) is 0 Å². The van der Waals surface area contributed by atoms with Crippen molar-refractivity contribution in [3.05, 3.63) is 0 Å². The van der Waals surface area contributed by atoms with E-state index in [0.29, 0.717) is 6.61 Å². The highest BCUT2D eigenvalue weighted by Gasteiger charge is 1.99. The molecule has 0 spiro atoms. The van der Waals surface area contributed by atoms with Gasteiger partial charge in [0, 0.05) is 13.7 Å². The minimum Gasteiger partial charge on any atom is -0.382 e. The summed E-state index contributed by atoms with van der Waals surface area (Å²) in [5.74, 6) is 1.00. The topological polar surface area (TPSA) is 18.5 Å². The number of methoxy groups -OCH3 is 1. The third-order valence-electron chi connectivity index (χ3n) is 1.86. The molecule has 80 valence electrons. The van der Waals surface area contributed by atoms with E-state index < -0.39 is 0 Å². The molecule has 2 nitrogen and oxygen atoms in total. The fourth-order valence-corrected chi connectivity index (χ4v) is 1.36. The van der Waals surface area contributed by atoms with Crippen molar-refractivity contribution in [1.29, 1.82) is 0 Å². The highest BCUT2D eigenvalue weighted by molar-refractivity contribution is 7.80. The van der Waals surface area contributed by atoms with Crippen LogP contribution < -0.4 is 0 Å². The molecule has 1 unspecified atom stereocenters. The first-order valence-corrected chi connectivity index (χ1v) is 5.66. The molecule has 0 amide bonds. The fraction of sp³-hybridized carbons (Fsp3) is 1.00. The molecule has 0 aliphatic carbocycles. The summed E-state index contributed by atoms with van der Waals surface area (Å²) < 4.78 is 10.5. The maximum absolute atomic E-state index is 5.52. The summed E-state index contributed by atoms with van der Waals surface area (Å²) in [4.78, 5) is 0. The Morgan fingerprint density at radius 1 is 1.15 bits per heavy atom. The predicted octanol–water partition coefficient (Wildman–Crippen LogP) is 2.53. The molecule has 0 rings (SSSR count). The molecular weight excluding hydrogens is 184 g/mol. The largest absolute Gasteiger partial charge is 0.382 e. The van der Waals surface area contributed by atoms with Gasteiger partial charge >= 0.3 is 0 Å². The van der Waals surface area contributed by atoms with Crippen LogP contribution >= 0.6 is 12.6 Å². The molecule has 0 aromatic rings. The normalized spacial score (nSPS) is 13.2. The molecular formula is C10H22O2S. The van der Waals surface area contributed by atoms with E-state index >= 15 is 0 Å². The molecule has 0 saturated heterocycles. The molecule has 0 aromatic carbocycles. The minimum absolute atomic E-state index is 0.231. The van der Waals surface area contributed by atoms with Gasteiger partial charge in [0.1, 0.15) is 0 Å². The Morgan fingerprint density at radius 2 is 1.85 bits per heavy atom. The van der Waals surface area contributed by atoms with Gasteiger partial charge in [-0.15, -0.1) is 0 Å². The molecule has 0 saturated carbocycles. The third-order valence-corrected chi connectivity index (χ3v) is 2.17. The lowest BCUT2D eigenvalue weighted by atomic mass is 10.2. The Balaban J connectivity index is 2.97. The van der Waals surface area contributed by atoms with Gasteiger partial charge in [-0.25, -0.2) is 0 Å². The lowest BCUT2D eigenvalue weighted by molar-refractivity contribution is 0.00766. The SMILES string of the molecule is COCC(C)OCCCCCCS. The quantitative estimate of drug-likeness (QED) is 0.461. The second-order valence-corrected chi connectivity index (χ2v) is 3.72. The number of hydrogen-bond acceptors (Lipinski definition) is 3. The zero-order valence-electron chi connectivity index (χ0n) is 8.79. The highest BCUT2D eigenvalue weighted by atomic mass is 32.1. The van der Waals surface area contributed by atoms with Crippen LogP contribution in [-0.4, -0.2) is 32.2 Å². The molecule has 0 radical (unpaired) electrons. The summed E-state index contributed by atoms with van der Waals surface area (Å²) in [6.07, 6.45) is 5.12. The van der Waals surface area contributed by atoms with E-state index in [1.165, 1.54) is 19.3 Å². The van der Waals surface area contributed by atoms with Gasteiger partial charge in [-0.3, -0.25) is 0 Å². The van der Waals surface area contributed by atoms with Crippen molar-refractivity contribution in [2.45, 2.75) is 38.7 Å². The zero-order chi connectivity index (χ0) is 9.94. The van der Waals surface area contributed by atoms with Crippen molar-refractivity contribution < 1.29 is 9.47 Å². The van der Waals surface area contributed by atoms with Crippen molar-refractivity contribution in [3.8, 4) is 0 Å². The lowest BCUT2D eigenvalue weighted by Gasteiger charge is -2.11. The maximum atomic E-state index is 5.52. The number of ether oxygens (including phenoxy) is 2. The summed E-state index contributed by atoms with van der Waals surface area (Å²) >= 11 is 4.16. The Bertz CT molecular complexity index is 98.9. The molecule has 0 aromatic heterocycles. The van der Waals surface area contributed by atoms with E-state index in [4.69, 9.17) is 9.47 Å². The molecule has 1 atom stereocenters. The first kappa shape index (κ1) is 13.3. The Hall–Kier alpha value is 0.270. The van der Waals surface area contributed by atoms with E-state index in [0.717, 1.165) is 18.8 Å². The van der Waals surface area contributed by atoms with Crippen LogP contribution in [0.25, 0.3) is 0 Å². The average Bonchev–Trinajstić information content (AvgIpc) is 2.11. The maximum Gasteiger partial charge on any atom is 0.0780 e. The zero-order valence-corrected chi connectivity index (χ0v) is 9.69. The number of thiol groups is 1. The van der Waals surface area contributed by atoms with Crippen LogP contribution in [0.1, 0.15) is 32.6 Å². The smallest absolute Gasteiger partial charge is 0.0780 e. The van der Waals surface area contributed by atoms with Gasteiger partial charge in [0.25, 0.3) is 0 Å². The summed E-state index contributed by atoms with van der Waals surface area (Å²) in [5, 5.41) is 0. The van der Waals surface area contributed by atoms with Crippen molar-refractivity contribution >= 4 is 12.6 Å². The van der Waals surface area contributed by atoms with Crippen molar-refractivity contribution in [2.75, 3.05) is 26.1 Å². The van der Waals surface area contributed by atoms with Crippen LogP contribution in [0.15, 0.2) is 0 Å². The summed E-state index contributed by atoms with van der Waals surface area (Å²) in [5.41, 5.74) is 0. The number of hydrogen-bond donors (Lipinski definition) is 1. The molecule has 0 aliphatic rings. The molecule has 0 bridgehead atoms. The van der Waals surface area contributed by atoms with Gasteiger partial charge < -0.3 is 9.47 Å². The second kappa shape index (κ2) is 10.4. The van der Waals surface area contributed by atoms with E-state index in [-0.39, 0.29) is 6.10 Å². The number of rotatable bonds is 9. The number of unbranched alkanes of at least 4 members (excludes halogenated alkanes) is 3. The monoisotopic (exact) mass is 206 g/mol. The van der Waals surface area contributed by atoms with Crippen molar-refractivity contribution in [1.82, 2.24) is 0 Å². The van der Waals surface area contributed by atoms with Gasteiger partial charge in [-0.2, -0.15) is 12.6 Å². The Kier molecular flexibility index (Phi) is 10.6. The Morgan fingerprint density at radius 3 is 2.46 bits per heavy atom. The van der Waals surface area contributed by atoms with Gasteiger partial charge in [0.05, 0.1) is 12.7 Å². The van der Waals surface area contributed by atoms with Crippen LogP contribution in [0, 0.1) is 0 Å². The molecule has 0 heterocycles. The van der Waals surface area contributed by atoms with E-state index in [9.17, 15) is 0 Å². The van der Waals surface area contributed by atoms with Crippen molar-refractivity contribution in [2.24, 2.45) is 0 Å². The van der Waals surface area contributed by atoms with Crippen molar-refractivity contribution in [3.63, 3.8) is 0 Å². The van der Waals surface area contributed by atoms with Crippen LogP contribution in [0.5, 0.6) is 0 Å². The fourth-order valence-electron chi connectivity index (χ4n) is 1.13. The first-order chi connectivity index (χ1) is 6.31. The third kappa shape index (κ3) is 10.2. The first-order valence-electron chi connectivity index (χ1n) is 5.02. The summed E-state index contributed by atoms with van der Waals surface area (Å²) in [6, 6.07) is 0. The van der Waals surface area contributed by atoms with E-state index in [2.05, 4.69) is 12.6 Å². The van der Waals surface area contributed by atoms with Gasteiger partial charge in [-0.1, -0.05) is 12.8 Å². The van der Waals surface area contributed by atoms with Gasteiger partial charge in [-0.05, 0) is 25.5 Å². The van der Waals surface area contributed by atoms with Crippen LogP contribution in [-0.2, 0) is 9.47 Å². The van der Waals surface area contributed by atoms with Gasteiger partial charge in [0.15, 0.2) is 0 Å². The minimum atomic E-state index is 0.231. The standard InChI is InChI=1S/C10H22O2S/c1-10(9-11-2)12-7-5-3-4-6-8-13/h10,13H,3-9H2,1-2H3. The average molecular weight is 206 g/mol. The molecule has 0 aliphatic heterocycles. The second-order valence-electron chi connectivity index (χ2n) is 3.27. The van der Waals surface area contributed by atoms with E-state index in [1.54, 1.807) is 7.11 Å². The molecule has 0 fully saturated rings. The summed E-state index contributed by atoms with van der Waals surface area (Å²) in [7, 11) is 1.70.